The fourth-order valence-corrected chi connectivity index (χ4v) is 3.61. The predicted molar refractivity (Wildman–Crippen MR) is 128 cm³/mol. The van der Waals surface area contributed by atoms with Crippen LogP contribution in [0.1, 0.15) is 37.3 Å². The standard InChI is InChI=1S/C25H34N4O3/c1-3-26-25(28-22-11-6-12-23(17-22)32-16-8-15-31-2)27-18-20-9-4-5-10-21(20)19-29-14-7-13-24(29)30/h4-6,9-12,17H,3,7-8,13-16,18-19H2,1-2H3,(H2,26,27,28). The molecular weight excluding hydrogens is 404 g/mol. The fraction of sp³-hybridized carbons (Fsp3) is 0.440. The van der Waals surface area contributed by atoms with Gasteiger partial charge in [-0.3, -0.25) is 4.79 Å². The Balaban J connectivity index is 1.65. The number of methoxy groups -OCH3 is 1. The number of carbonyl (C=O) groups excluding carboxylic acids is 1. The molecule has 0 spiro atoms. The molecule has 2 N–H and O–H groups in total. The summed E-state index contributed by atoms with van der Waals surface area (Å²) < 4.78 is 10.9. The minimum Gasteiger partial charge on any atom is -0.493 e. The Labute approximate surface area is 190 Å². The molecule has 1 aliphatic heterocycles. The van der Waals surface area contributed by atoms with E-state index in [2.05, 4.69) is 22.8 Å². The van der Waals surface area contributed by atoms with E-state index in [0.717, 1.165) is 48.5 Å². The van der Waals surface area contributed by atoms with Crippen LogP contribution in [0, 0.1) is 0 Å². The first-order valence-electron chi connectivity index (χ1n) is 11.3. The molecule has 3 rings (SSSR count). The fourth-order valence-electron chi connectivity index (χ4n) is 3.61. The second-order valence-electron chi connectivity index (χ2n) is 7.73. The first-order chi connectivity index (χ1) is 15.7. The van der Waals surface area contributed by atoms with Crippen molar-refractivity contribution in [3.05, 3.63) is 59.7 Å². The third-order valence-corrected chi connectivity index (χ3v) is 5.26. The summed E-state index contributed by atoms with van der Waals surface area (Å²) in [7, 11) is 1.69. The van der Waals surface area contributed by atoms with E-state index in [1.807, 2.05) is 48.2 Å². The number of ether oxygens (including phenoxy) is 2. The van der Waals surface area contributed by atoms with Crippen LogP contribution >= 0.6 is 0 Å². The first kappa shape index (κ1) is 23.6. The van der Waals surface area contributed by atoms with Crippen LogP contribution in [0.25, 0.3) is 0 Å². The van der Waals surface area contributed by atoms with E-state index >= 15 is 0 Å². The molecule has 172 valence electrons. The van der Waals surface area contributed by atoms with Gasteiger partial charge in [0.25, 0.3) is 0 Å². The average Bonchev–Trinajstić information content (AvgIpc) is 3.21. The number of benzene rings is 2. The number of amides is 1. The zero-order valence-corrected chi connectivity index (χ0v) is 19.1. The largest absolute Gasteiger partial charge is 0.493 e. The van der Waals surface area contributed by atoms with Crippen LogP contribution in [-0.4, -0.2) is 50.2 Å². The zero-order valence-electron chi connectivity index (χ0n) is 19.1. The Morgan fingerprint density at radius 3 is 2.72 bits per heavy atom. The maximum Gasteiger partial charge on any atom is 0.222 e. The number of guanidine groups is 1. The Bertz CT molecular complexity index is 900. The highest BCUT2D eigenvalue weighted by Gasteiger charge is 2.20. The molecule has 32 heavy (non-hydrogen) atoms. The minimum absolute atomic E-state index is 0.239. The van der Waals surface area contributed by atoms with Crippen LogP contribution in [0.5, 0.6) is 5.75 Å². The van der Waals surface area contributed by atoms with Crippen molar-refractivity contribution in [2.24, 2.45) is 4.99 Å². The van der Waals surface area contributed by atoms with Gasteiger partial charge in [0.05, 0.1) is 13.2 Å². The van der Waals surface area contributed by atoms with Gasteiger partial charge >= 0.3 is 0 Å². The second kappa shape index (κ2) is 12.7. The number of rotatable bonds is 11. The lowest BCUT2D eigenvalue weighted by molar-refractivity contribution is -0.128. The molecule has 1 aliphatic rings. The first-order valence-corrected chi connectivity index (χ1v) is 11.3. The van der Waals surface area contributed by atoms with Crippen molar-refractivity contribution in [3.63, 3.8) is 0 Å². The van der Waals surface area contributed by atoms with Crippen molar-refractivity contribution in [2.45, 2.75) is 39.3 Å². The topological polar surface area (TPSA) is 75.2 Å². The highest BCUT2D eigenvalue weighted by Crippen LogP contribution is 2.19. The molecule has 7 heteroatoms. The Morgan fingerprint density at radius 1 is 1.12 bits per heavy atom. The van der Waals surface area contributed by atoms with Gasteiger partial charge < -0.3 is 25.0 Å². The van der Waals surface area contributed by atoms with Gasteiger partial charge in [0, 0.05) is 57.9 Å². The van der Waals surface area contributed by atoms with E-state index in [-0.39, 0.29) is 5.91 Å². The number of nitrogens with one attached hydrogen (secondary N) is 2. The smallest absolute Gasteiger partial charge is 0.222 e. The molecule has 0 aromatic heterocycles. The SMILES string of the molecule is CCNC(=NCc1ccccc1CN1CCCC1=O)Nc1cccc(OCCCOC)c1. The maximum absolute atomic E-state index is 12.0. The minimum atomic E-state index is 0.239. The molecule has 0 radical (unpaired) electrons. The predicted octanol–water partition coefficient (Wildman–Crippen LogP) is 3.80. The van der Waals surface area contributed by atoms with Crippen molar-refractivity contribution in [2.75, 3.05) is 38.7 Å². The van der Waals surface area contributed by atoms with Crippen molar-refractivity contribution in [1.29, 1.82) is 0 Å². The molecule has 0 saturated carbocycles. The van der Waals surface area contributed by atoms with E-state index in [1.54, 1.807) is 7.11 Å². The van der Waals surface area contributed by atoms with Crippen molar-refractivity contribution < 1.29 is 14.3 Å². The van der Waals surface area contributed by atoms with Gasteiger partial charge in [-0.2, -0.15) is 0 Å². The van der Waals surface area contributed by atoms with Crippen LogP contribution in [0.3, 0.4) is 0 Å². The third kappa shape index (κ3) is 7.27. The molecule has 1 amide bonds. The third-order valence-electron chi connectivity index (χ3n) is 5.26. The van der Waals surface area contributed by atoms with Gasteiger partial charge in [-0.25, -0.2) is 4.99 Å². The summed E-state index contributed by atoms with van der Waals surface area (Å²) in [5, 5.41) is 6.66. The summed E-state index contributed by atoms with van der Waals surface area (Å²) in [6.45, 7) is 6.11. The number of hydrogen-bond donors (Lipinski definition) is 2. The molecule has 0 atom stereocenters. The molecule has 1 heterocycles. The van der Waals surface area contributed by atoms with E-state index in [1.165, 1.54) is 0 Å². The summed E-state index contributed by atoms with van der Waals surface area (Å²) in [6.07, 6.45) is 2.45. The van der Waals surface area contributed by atoms with Gasteiger partial charge in [-0.15, -0.1) is 0 Å². The summed E-state index contributed by atoms with van der Waals surface area (Å²) in [4.78, 5) is 18.7. The lowest BCUT2D eigenvalue weighted by Gasteiger charge is -2.18. The molecular formula is C25H34N4O3. The Morgan fingerprint density at radius 2 is 1.97 bits per heavy atom. The van der Waals surface area contributed by atoms with Crippen LogP contribution in [0.2, 0.25) is 0 Å². The number of aliphatic imine (C=N–C) groups is 1. The molecule has 2 aromatic rings. The number of likely N-dealkylation sites (tertiary alicyclic amines) is 1. The number of carbonyl (C=O) groups is 1. The van der Waals surface area contributed by atoms with Gasteiger partial charge in [-0.1, -0.05) is 30.3 Å². The quantitative estimate of drug-likeness (QED) is 0.317. The van der Waals surface area contributed by atoms with Crippen LogP contribution in [0.4, 0.5) is 5.69 Å². The average molecular weight is 439 g/mol. The Kier molecular flexibility index (Phi) is 9.37. The number of anilines is 1. The van der Waals surface area contributed by atoms with Gasteiger partial charge in [-0.05, 0) is 36.6 Å². The van der Waals surface area contributed by atoms with E-state index in [0.29, 0.717) is 38.7 Å². The summed E-state index contributed by atoms with van der Waals surface area (Å²) >= 11 is 0. The summed E-state index contributed by atoms with van der Waals surface area (Å²) in [5.41, 5.74) is 3.18. The Hall–Kier alpha value is -3.06. The van der Waals surface area contributed by atoms with Crippen molar-refractivity contribution >= 4 is 17.6 Å². The number of hydrogen-bond acceptors (Lipinski definition) is 4. The van der Waals surface area contributed by atoms with Gasteiger partial charge in [0.15, 0.2) is 5.96 Å². The molecule has 0 bridgehead atoms. The summed E-state index contributed by atoms with van der Waals surface area (Å²) in [5.74, 6) is 1.75. The molecule has 0 unspecified atom stereocenters. The second-order valence-corrected chi connectivity index (χ2v) is 7.73. The molecule has 7 nitrogen and oxygen atoms in total. The summed E-state index contributed by atoms with van der Waals surface area (Å²) in [6, 6.07) is 16.1. The molecule has 0 aliphatic carbocycles. The van der Waals surface area contributed by atoms with Gasteiger partial charge in [0.2, 0.25) is 5.91 Å². The highest BCUT2D eigenvalue weighted by molar-refractivity contribution is 5.93. The number of nitrogens with zero attached hydrogens (tertiary/aromatic N) is 2. The highest BCUT2D eigenvalue weighted by atomic mass is 16.5. The normalized spacial score (nSPS) is 14.0. The zero-order chi connectivity index (χ0) is 22.6. The van der Waals surface area contributed by atoms with E-state index < -0.39 is 0 Å². The monoisotopic (exact) mass is 438 g/mol. The molecule has 1 saturated heterocycles. The lowest BCUT2D eigenvalue weighted by atomic mass is 10.1. The van der Waals surface area contributed by atoms with Crippen LogP contribution in [0.15, 0.2) is 53.5 Å². The lowest BCUT2D eigenvalue weighted by Crippen LogP contribution is -2.30. The van der Waals surface area contributed by atoms with Gasteiger partial charge in [0.1, 0.15) is 5.75 Å². The molecule has 2 aromatic carbocycles. The van der Waals surface area contributed by atoms with Crippen LogP contribution < -0.4 is 15.4 Å². The van der Waals surface area contributed by atoms with Crippen molar-refractivity contribution in [1.82, 2.24) is 10.2 Å². The van der Waals surface area contributed by atoms with Crippen molar-refractivity contribution in [3.8, 4) is 5.75 Å². The van der Waals surface area contributed by atoms with Crippen LogP contribution in [-0.2, 0) is 22.6 Å². The van der Waals surface area contributed by atoms with E-state index in [4.69, 9.17) is 14.5 Å². The maximum atomic E-state index is 12.0. The van der Waals surface area contributed by atoms with E-state index in [9.17, 15) is 4.79 Å². The molecule has 1 fully saturated rings.